The Hall–Kier alpha value is -1.06. The van der Waals surface area contributed by atoms with E-state index >= 15 is 0 Å². The summed E-state index contributed by atoms with van der Waals surface area (Å²) in [5.41, 5.74) is 0. The fourth-order valence-corrected chi connectivity index (χ4v) is 2.18. The number of nitrogens with zero attached hydrogens (tertiary/aromatic N) is 2. The van der Waals surface area contributed by atoms with Crippen molar-refractivity contribution in [2.75, 3.05) is 12.4 Å². The lowest BCUT2D eigenvalue weighted by molar-refractivity contribution is 0.415. The zero-order valence-electron chi connectivity index (χ0n) is 8.79. The van der Waals surface area contributed by atoms with Gasteiger partial charge in [0.1, 0.15) is 0 Å². The normalized spacial score (nSPS) is 26.7. The molecule has 1 saturated carbocycles. The molecule has 1 N–H and O–H groups in total. The monoisotopic (exact) mass is 195 g/mol. The van der Waals surface area contributed by atoms with Crippen LogP contribution in [0.4, 0.5) is 6.01 Å². The van der Waals surface area contributed by atoms with Crippen molar-refractivity contribution in [3.8, 4) is 0 Å². The van der Waals surface area contributed by atoms with Gasteiger partial charge in [0.2, 0.25) is 0 Å². The molecule has 0 saturated heterocycles. The molecular weight excluding hydrogens is 178 g/mol. The molecule has 1 fully saturated rings. The zero-order chi connectivity index (χ0) is 9.97. The Bertz CT molecular complexity index is 297. The smallest absolute Gasteiger partial charge is 0.321 e. The van der Waals surface area contributed by atoms with E-state index in [0.29, 0.717) is 11.9 Å². The predicted octanol–water partition coefficient (Wildman–Crippen LogP) is 2.41. The van der Waals surface area contributed by atoms with Gasteiger partial charge >= 0.3 is 6.01 Å². The van der Waals surface area contributed by atoms with Gasteiger partial charge in [0.15, 0.2) is 5.82 Å². The number of hydrogen-bond donors (Lipinski definition) is 1. The van der Waals surface area contributed by atoms with Crippen LogP contribution >= 0.6 is 0 Å². The molecule has 0 aliphatic heterocycles. The summed E-state index contributed by atoms with van der Waals surface area (Å²) in [6, 6.07) is 0.528. The molecule has 14 heavy (non-hydrogen) atoms. The first-order valence-corrected chi connectivity index (χ1v) is 5.34. The molecule has 0 spiro atoms. The molecule has 0 aromatic carbocycles. The average molecular weight is 195 g/mol. The van der Waals surface area contributed by atoms with Gasteiger partial charge in [-0.3, -0.25) is 0 Å². The van der Waals surface area contributed by atoms with Crippen molar-refractivity contribution >= 4 is 6.01 Å². The van der Waals surface area contributed by atoms with Crippen molar-refractivity contribution in [1.29, 1.82) is 0 Å². The van der Waals surface area contributed by atoms with Gasteiger partial charge < -0.3 is 9.84 Å². The molecule has 0 bridgehead atoms. The standard InChI is InChI=1S/C10H17N3O/c1-3-7-4-5-8(6-7)9-12-10(11-2)14-13-9/h7-8H,3-6H2,1-2H3,(H,11,12,13). The van der Waals surface area contributed by atoms with Crippen molar-refractivity contribution in [2.45, 2.75) is 38.5 Å². The fourth-order valence-electron chi connectivity index (χ4n) is 2.18. The number of nitrogens with one attached hydrogen (secondary N) is 1. The molecule has 0 radical (unpaired) electrons. The molecule has 1 aromatic heterocycles. The van der Waals surface area contributed by atoms with E-state index < -0.39 is 0 Å². The number of aromatic nitrogens is 2. The van der Waals surface area contributed by atoms with E-state index in [2.05, 4.69) is 22.4 Å². The molecular formula is C10H17N3O. The van der Waals surface area contributed by atoms with Crippen molar-refractivity contribution in [3.63, 3.8) is 0 Å². The summed E-state index contributed by atoms with van der Waals surface area (Å²) in [4.78, 5) is 4.29. The molecule has 1 aromatic rings. The fraction of sp³-hybridized carbons (Fsp3) is 0.800. The number of rotatable bonds is 3. The quantitative estimate of drug-likeness (QED) is 0.804. The van der Waals surface area contributed by atoms with E-state index in [1.54, 1.807) is 7.05 Å². The first-order chi connectivity index (χ1) is 6.83. The highest BCUT2D eigenvalue weighted by molar-refractivity contribution is 5.17. The highest BCUT2D eigenvalue weighted by atomic mass is 16.5. The van der Waals surface area contributed by atoms with Crippen molar-refractivity contribution in [2.24, 2.45) is 5.92 Å². The van der Waals surface area contributed by atoms with E-state index in [1.165, 1.54) is 25.7 Å². The van der Waals surface area contributed by atoms with Gasteiger partial charge in [-0.15, -0.1) is 0 Å². The third-order valence-corrected chi connectivity index (χ3v) is 3.14. The Morgan fingerprint density at radius 1 is 1.50 bits per heavy atom. The summed E-state index contributed by atoms with van der Waals surface area (Å²) in [6.45, 7) is 2.25. The minimum Gasteiger partial charge on any atom is -0.341 e. The van der Waals surface area contributed by atoms with Crippen LogP contribution < -0.4 is 5.32 Å². The van der Waals surface area contributed by atoms with Crippen molar-refractivity contribution < 1.29 is 4.52 Å². The maximum absolute atomic E-state index is 5.02. The number of hydrogen-bond acceptors (Lipinski definition) is 4. The second kappa shape index (κ2) is 3.98. The summed E-state index contributed by atoms with van der Waals surface area (Å²) < 4.78 is 5.02. The van der Waals surface area contributed by atoms with Crippen LogP contribution in [0.25, 0.3) is 0 Å². The Kier molecular flexibility index (Phi) is 2.70. The predicted molar refractivity (Wildman–Crippen MR) is 54.2 cm³/mol. The second-order valence-corrected chi connectivity index (χ2v) is 3.99. The van der Waals surface area contributed by atoms with Crippen LogP contribution in [0.1, 0.15) is 44.3 Å². The van der Waals surface area contributed by atoms with E-state index in [9.17, 15) is 0 Å². The molecule has 0 amide bonds. The van der Waals surface area contributed by atoms with Crippen LogP contribution in [0.3, 0.4) is 0 Å². The topological polar surface area (TPSA) is 51.0 Å². The summed E-state index contributed by atoms with van der Waals surface area (Å²) in [7, 11) is 1.79. The number of anilines is 1. The maximum atomic E-state index is 5.02. The van der Waals surface area contributed by atoms with Gasteiger partial charge in [-0.05, 0) is 25.2 Å². The van der Waals surface area contributed by atoms with Gasteiger partial charge in [0.05, 0.1) is 0 Å². The van der Waals surface area contributed by atoms with Crippen LogP contribution in [0, 0.1) is 5.92 Å². The molecule has 4 heteroatoms. The Balaban J connectivity index is 2.02. The molecule has 4 nitrogen and oxygen atoms in total. The Morgan fingerprint density at radius 3 is 2.93 bits per heavy atom. The van der Waals surface area contributed by atoms with E-state index in [0.717, 1.165) is 11.7 Å². The lowest BCUT2D eigenvalue weighted by Gasteiger charge is -2.04. The molecule has 78 valence electrons. The van der Waals surface area contributed by atoms with E-state index in [-0.39, 0.29) is 0 Å². The lowest BCUT2D eigenvalue weighted by atomic mass is 10.0. The van der Waals surface area contributed by atoms with Gasteiger partial charge in [-0.1, -0.05) is 18.5 Å². The largest absolute Gasteiger partial charge is 0.341 e. The van der Waals surface area contributed by atoms with Gasteiger partial charge in [-0.2, -0.15) is 4.98 Å². The van der Waals surface area contributed by atoms with E-state index in [1.807, 2.05) is 0 Å². The van der Waals surface area contributed by atoms with Gasteiger partial charge in [0, 0.05) is 13.0 Å². The summed E-state index contributed by atoms with van der Waals surface area (Å²) in [5, 5.41) is 6.84. The van der Waals surface area contributed by atoms with Crippen molar-refractivity contribution in [1.82, 2.24) is 10.1 Å². The summed E-state index contributed by atoms with van der Waals surface area (Å²) in [5.74, 6) is 2.26. The Labute approximate surface area is 84.1 Å². The van der Waals surface area contributed by atoms with Crippen LogP contribution in [-0.4, -0.2) is 17.2 Å². The lowest BCUT2D eigenvalue weighted by Crippen LogP contribution is -1.97. The summed E-state index contributed by atoms with van der Waals surface area (Å²) >= 11 is 0. The van der Waals surface area contributed by atoms with Crippen LogP contribution in [-0.2, 0) is 0 Å². The molecule has 2 atom stereocenters. The summed E-state index contributed by atoms with van der Waals surface area (Å²) in [6.07, 6.45) is 5.01. The van der Waals surface area contributed by atoms with Crippen LogP contribution in [0.15, 0.2) is 4.52 Å². The highest BCUT2D eigenvalue weighted by Crippen LogP contribution is 2.38. The van der Waals surface area contributed by atoms with Crippen LogP contribution in [0.5, 0.6) is 0 Å². The molecule has 2 rings (SSSR count). The Morgan fingerprint density at radius 2 is 2.36 bits per heavy atom. The van der Waals surface area contributed by atoms with Crippen molar-refractivity contribution in [3.05, 3.63) is 5.82 Å². The zero-order valence-corrected chi connectivity index (χ0v) is 8.79. The van der Waals surface area contributed by atoms with Crippen LogP contribution in [0.2, 0.25) is 0 Å². The SMILES string of the molecule is CCC1CCC(c2noc(NC)n2)C1. The second-order valence-electron chi connectivity index (χ2n) is 3.99. The average Bonchev–Trinajstić information content (AvgIpc) is 2.86. The molecule has 1 aliphatic rings. The first kappa shape index (κ1) is 9.49. The molecule has 1 aliphatic carbocycles. The molecule has 1 heterocycles. The first-order valence-electron chi connectivity index (χ1n) is 5.34. The van der Waals surface area contributed by atoms with E-state index in [4.69, 9.17) is 4.52 Å². The minimum absolute atomic E-state index is 0.519. The third-order valence-electron chi connectivity index (χ3n) is 3.14. The highest BCUT2D eigenvalue weighted by Gasteiger charge is 2.28. The van der Waals surface area contributed by atoms with Gasteiger partial charge in [0.25, 0.3) is 0 Å². The minimum atomic E-state index is 0.519. The maximum Gasteiger partial charge on any atom is 0.321 e. The third kappa shape index (κ3) is 1.74. The molecule has 2 unspecified atom stereocenters. The van der Waals surface area contributed by atoms with Gasteiger partial charge in [-0.25, -0.2) is 0 Å².